The molecule has 0 atom stereocenters. The smallest absolute Gasteiger partial charge is 0.255 e. The highest BCUT2D eigenvalue weighted by atomic mass is 32.2. The number of hydrogen-bond donors (Lipinski definition) is 2. The van der Waals surface area contributed by atoms with Gasteiger partial charge >= 0.3 is 0 Å². The van der Waals surface area contributed by atoms with Crippen LogP contribution in [0.2, 0.25) is 0 Å². The first-order valence-corrected chi connectivity index (χ1v) is 12.5. The summed E-state index contributed by atoms with van der Waals surface area (Å²) in [6, 6.07) is 24.5. The van der Waals surface area contributed by atoms with E-state index in [1.165, 1.54) is 0 Å². The lowest BCUT2D eigenvalue weighted by molar-refractivity contribution is 0.102. The van der Waals surface area contributed by atoms with Gasteiger partial charge in [-0.3, -0.25) is 4.79 Å². The maximum Gasteiger partial charge on any atom is 0.255 e. The van der Waals surface area contributed by atoms with Gasteiger partial charge in [0.2, 0.25) is 5.95 Å². The number of anilines is 3. The lowest BCUT2D eigenvalue weighted by Crippen LogP contribution is -2.13. The van der Waals surface area contributed by atoms with Gasteiger partial charge in [0.05, 0.1) is 22.2 Å². The molecule has 1 aromatic heterocycles. The largest absolute Gasteiger partial charge is 0.324 e. The number of nitriles is 1. The molecule has 0 bridgehead atoms. The molecule has 36 heavy (non-hydrogen) atoms. The van der Waals surface area contributed by atoms with Crippen LogP contribution in [0, 0.1) is 11.3 Å². The van der Waals surface area contributed by atoms with Gasteiger partial charge in [0.1, 0.15) is 0 Å². The van der Waals surface area contributed by atoms with E-state index in [1.807, 2.05) is 68.9 Å². The van der Waals surface area contributed by atoms with Crippen LogP contribution in [-0.2, 0) is 6.54 Å². The van der Waals surface area contributed by atoms with E-state index in [9.17, 15) is 4.79 Å². The van der Waals surface area contributed by atoms with Crippen molar-refractivity contribution in [2.24, 2.45) is 0 Å². The molecule has 0 aliphatic rings. The van der Waals surface area contributed by atoms with E-state index >= 15 is 0 Å². The molecule has 0 saturated carbocycles. The van der Waals surface area contributed by atoms with E-state index in [0.29, 0.717) is 17.1 Å². The molecule has 0 radical (unpaired) electrons. The highest BCUT2D eigenvalue weighted by Gasteiger charge is 2.11. The Morgan fingerprint density at radius 1 is 1.03 bits per heavy atom. The number of nitrogens with one attached hydrogen (secondary N) is 2. The number of carbonyl (C=O) groups is 1. The molecule has 1 amide bonds. The monoisotopic (exact) mass is 494 g/mol. The Kier molecular flexibility index (Phi) is 7.95. The second-order valence-corrected chi connectivity index (χ2v) is 9.24. The van der Waals surface area contributed by atoms with Crippen molar-refractivity contribution in [2.75, 3.05) is 31.0 Å². The maximum absolute atomic E-state index is 12.7. The summed E-state index contributed by atoms with van der Waals surface area (Å²) in [5.41, 5.74) is 5.51. The molecule has 1 heterocycles. The van der Waals surface area contributed by atoms with Crippen LogP contribution in [0.15, 0.2) is 83.9 Å². The van der Waals surface area contributed by atoms with Crippen LogP contribution < -0.4 is 10.6 Å². The lowest BCUT2D eigenvalue weighted by atomic mass is 10.1. The highest BCUT2D eigenvalue weighted by molar-refractivity contribution is 7.98. The van der Waals surface area contributed by atoms with Gasteiger partial charge < -0.3 is 15.5 Å². The van der Waals surface area contributed by atoms with Crippen LogP contribution in [0.25, 0.3) is 11.3 Å². The van der Waals surface area contributed by atoms with Gasteiger partial charge in [-0.1, -0.05) is 24.3 Å². The summed E-state index contributed by atoms with van der Waals surface area (Å²) >= 11 is 1.56. The van der Waals surface area contributed by atoms with Crippen LogP contribution in [0.1, 0.15) is 21.5 Å². The third kappa shape index (κ3) is 6.27. The molecule has 0 saturated heterocycles. The standard InChI is InChI=1S/C28H26N6OS/c1-34(2)18-20-5-4-6-24(15-20)31-27(35)22-11-13-23(14-12-22)32-28-30-17-25(36-3)26(33-28)21-9-7-19(16-29)8-10-21/h4-15,17H,18H2,1-3H3,(H,31,35)(H,30,32,33). The zero-order valence-electron chi connectivity index (χ0n) is 20.3. The number of carbonyl (C=O) groups excluding carboxylic acids is 1. The molecule has 4 rings (SSSR count). The van der Waals surface area contributed by atoms with Crippen LogP contribution in [0.4, 0.5) is 17.3 Å². The Labute approximate surface area is 215 Å². The Morgan fingerprint density at radius 3 is 2.44 bits per heavy atom. The fourth-order valence-electron chi connectivity index (χ4n) is 3.64. The lowest BCUT2D eigenvalue weighted by Gasteiger charge is -2.12. The number of amides is 1. The van der Waals surface area contributed by atoms with Crippen LogP contribution in [-0.4, -0.2) is 41.1 Å². The number of hydrogen-bond acceptors (Lipinski definition) is 7. The number of thioether (sulfide) groups is 1. The van der Waals surface area contributed by atoms with Crippen LogP contribution in [0.3, 0.4) is 0 Å². The van der Waals surface area contributed by atoms with E-state index in [1.54, 1.807) is 42.2 Å². The molecule has 2 N–H and O–H groups in total. The van der Waals surface area contributed by atoms with Gasteiger partial charge in [0.25, 0.3) is 5.91 Å². The third-order valence-electron chi connectivity index (χ3n) is 5.35. The SMILES string of the molecule is CSc1cnc(Nc2ccc(C(=O)Nc3cccc(CN(C)C)c3)cc2)nc1-c1ccc(C#N)cc1. The molecule has 0 aliphatic heterocycles. The summed E-state index contributed by atoms with van der Waals surface area (Å²) in [7, 11) is 4.02. The minimum absolute atomic E-state index is 0.174. The summed E-state index contributed by atoms with van der Waals surface area (Å²) in [4.78, 5) is 24.9. The molecule has 4 aromatic rings. The van der Waals surface area contributed by atoms with Crippen LogP contribution >= 0.6 is 11.8 Å². The van der Waals surface area contributed by atoms with Gasteiger partial charge in [-0.05, 0) is 74.4 Å². The van der Waals surface area contributed by atoms with Crippen molar-refractivity contribution in [2.45, 2.75) is 11.4 Å². The summed E-state index contributed by atoms with van der Waals surface area (Å²) in [5.74, 6) is 0.272. The van der Waals surface area contributed by atoms with E-state index < -0.39 is 0 Å². The number of rotatable bonds is 8. The minimum Gasteiger partial charge on any atom is -0.324 e. The van der Waals surface area contributed by atoms with E-state index in [4.69, 9.17) is 10.2 Å². The van der Waals surface area contributed by atoms with Crippen molar-refractivity contribution >= 4 is 35.0 Å². The predicted octanol–water partition coefficient (Wildman–Crippen LogP) is 5.79. The number of aromatic nitrogens is 2. The Hall–Kier alpha value is -4.19. The van der Waals surface area contributed by atoms with Crippen molar-refractivity contribution in [1.82, 2.24) is 14.9 Å². The van der Waals surface area contributed by atoms with Crippen molar-refractivity contribution in [3.05, 3.63) is 95.7 Å². The predicted molar refractivity (Wildman–Crippen MR) is 145 cm³/mol. The van der Waals surface area contributed by atoms with Gasteiger partial charge in [-0.15, -0.1) is 11.8 Å². The number of nitrogens with zero attached hydrogens (tertiary/aromatic N) is 4. The molecule has 0 fully saturated rings. The minimum atomic E-state index is -0.174. The fourth-order valence-corrected chi connectivity index (χ4v) is 4.15. The molecule has 7 nitrogen and oxygen atoms in total. The van der Waals surface area contributed by atoms with Gasteiger partial charge in [-0.25, -0.2) is 9.97 Å². The summed E-state index contributed by atoms with van der Waals surface area (Å²) in [5, 5.41) is 15.2. The second-order valence-electron chi connectivity index (χ2n) is 8.39. The normalized spacial score (nSPS) is 10.6. The average molecular weight is 495 g/mol. The highest BCUT2D eigenvalue weighted by Crippen LogP contribution is 2.29. The zero-order chi connectivity index (χ0) is 25.5. The summed E-state index contributed by atoms with van der Waals surface area (Å²) in [6.07, 6.45) is 3.75. The summed E-state index contributed by atoms with van der Waals surface area (Å²) in [6.45, 7) is 0.803. The second kappa shape index (κ2) is 11.5. The molecule has 0 unspecified atom stereocenters. The van der Waals surface area contributed by atoms with Crippen molar-refractivity contribution < 1.29 is 4.79 Å². The van der Waals surface area contributed by atoms with E-state index in [0.717, 1.165) is 39.6 Å². The molecule has 0 spiro atoms. The van der Waals surface area contributed by atoms with Gasteiger partial charge in [0, 0.05) is 35.2 Å². The molecule has 3 aromatic carbocycles. The third-order valence-corrected chi connectivity index (χ3v) is 6.09. The average Bonchev–Trinajstić information content (AvgIpc) is 2.89. The molecule has 0 aliphatic carbocycles. The van der Waals surface area contributed by atoms with Gasteiger partial charge in [-0.2, -0.15) is 5.26 Å². The molecule has 8 heteroatoms. The Morgan fingerprint density at radius 2 is 1.78 bits per heavy atom. The van der Waals surface area contributed by atoms with Gasteiger partial charge in [0.15, 0.2) is 0 Å². The first kappa shape index (κ1) is 24.9. The van der Waals surface area contributed by atoms with Crippen LogP contribution in [0.5, 0.6) is 0 Å². The number of benzene rings is 3. The molecular weight excluding hydrogens is 468 g/mol. The first-order chi connectivity index (χ1) is 17.4. The molecule has 180 valence electrons. The van der Waals surface area contributed by atoms with Crippen molar-refractivity contribution in [3.63, 3.8) is 0 Å². The summed E-state index contributed by atoms with van der Waals surface area (Å²) < 4.78 is 0. The fraction of sp³-hybridized carbons (Fsp3) is 0.143. The quantitative estimate of drug-likeness (QED) is 0.299. The van der Waals surface area contributed by atoms with E-state index in [-0.39, 0.29) is 5.91 Å². The Balaban J connectivity index is 1.47. The maximum atomic E-state index is 12.7. The Bertz CT molecular complexity index is 1400. The van der Waals surface area contributed by atoms with Crippen molar-refractivity contribution in [3.8, 4) is 17.3 Å². The van der Waals surface area contributed by atoms with Crippen molar-refractivity contribution in [1.29, 1.82) is 5.26 Å². The van der Waals surface area contributed by atoms with E-state index in [2.05, 4.69) is 26.6 Å². The topological polar surface area (TPSA) is 93.9 Å². The molecular formula is C28H26N6OS. The first-order valence-electron chi connectivity index (χ1n) is 11.3. The zero-order valence-corrected chi connectivity index (χ0v) is 21.1.